The molecule has 0 bridgehead atoms. The first-order chi connectivity index (χ1) is 4.69. The Kier molecular flexibility index (Phi) is 1.90. The van der Waals surface area contributed by atoms with E-state index in [4.69, 9.17) is 5.41 Å². The topological polar surface area (TPSA) is 44.1 Å². The molecule has 0 aromatic heterocycles. The molecule has 0 aromatic carbocycles. The third kappa shape index (κ3) is 1.12. The molecule has 1 aliphatic carbocycles. The number of hydrogen-bond acceptors (Lipinski definition) is 2. The summed E-state index contributed by atoms with van der Waals surface area (Å²) >= 11 is 0. The lowest BCUT2D eigenvalue weighted by Crippen LogP contribution is -2.33. The summed E-state index contributed by atoms with van der Waals surface area (Å²) in [6.45, 7) is 1.88. The van der Waals surface area contributed by atoms with Crippen molar-refractivity contribution in [3.63, 3.8) is 0 Å². The van der Waals surface area contributed by atoms with E-state index in [1.54, 1.807) is 0 Å². The SMILES string of the molecule is CC1(C=N)C=CCCC1O. The molecule has 0 heterocycles. The molecule has 0 amide bonds. The molecule has 0 saturated carbocycles. The van der Waals surface area contributed by atoms with Crippen LogP contribution in [0.4, 0.5) is 0 Å². The van der Waals surface area contributed by atoms with Crippen molar-refractivity contribution in [1.29, 1.82) is 5.41 Å². The van der Waals surface area contributed by atoms with Gasteiger partial charge in [0.1, 0.15) is 0 Å². The fraction of sp³-hybridized carbons (Fsp3) is 0.625. The first-order valence-electron chi connectivity index (χ1n) is 3.56. The lowest BCUT2D eigenvalue weighted by atomic mass is 9.79. The van der Waals surface area contributed by atoms with Crippen LogP contribution in [0.25, 0.3) is 0 Å². The molecule has 2 atom stereocenters. The lowest BCUT2D eigenvalue weighted by Gasteiger charge is -2.29. The highest BCUT2D eigenvalue weighted by Crippen LogP contribution is 2.28. The molecule has 0 aliphatic heterocycles. The van der Waals surface area contributed by atoms with Gasteiger partial charge in [-0.1, -0.05) is 12.2 Å². The van der Waals surface area contributed by atoms with Crippen molar-refractivity contribution in [3.8, 4) is 0 Å². The molecule has 2 nitrogen and oxygen atoms in total. The minimum atomic E-state index is -0.405. The average Bonchev–Trinajstić information content (AvgIpc) is 1.96. The molecule has 10 heavy (non-hydrogen) atoms. The van der Waals surface area contributed by atoms with E-state index in [0.29, 0.717) is 0 Å². The van der Waals surface area contributed by atoms with Gasteiger partial charge in [0.25, 0.3) is 0 Å². The van der Waals surface area contributed by atoms with Gasteiger partial charge in [0.05, 0.1) is 6.10 Å². The molecular formula is C8H13NO. The van der Waals surface area contributed by atoms with Crippen LogP contribution in [0.5, 0.6) is 0 Å². The molecule has 0 spiro atoms. The Labute approximate surface area is 61.1 Å². The maximum atomic E-state index is 9.43. The van der Waals surface area contributed by atoms with Gasteiger partial charge >= 0.3 is 0 Å². The molecule has 0 aromatic rings. The van der Waals surface area contributed by atoms with Gasteiger partial charge in [0.15, 0.2) is 0 Å². The molecule has 1 aliphatic rings. The molecule has 0 radical (unpaired) electrons. The fourth-order valence-electron chi connectivity index (χ4n) is 1.16. The molecule has 0 saturated heterocycles. The van der Waals surface area contributed by atoms with Crippen LogP contribution in [0.3, 0.4) is 0 Å². The Hall–Kier alpha value is -0.630. The number of aliphatic hydroxyl groups is 1. The summed E-state index contributed by atoms with van der Waals surface area (Å²) in [6, 6.07) is 0. The molecular weight excluding hydrogens is 126 g/mol. The highest BCUT2D eigenvalue weighted by molar-refractivity contribution is 5.66. The van der Waals surface area contributed by atoms with Crippen LogP contribution in [0.2, 0.25) is 0 Å². The summed E-state index contributed by atoms with van der Waals surface area (Å²) in [5.74, 6) is 0. The minimum Gasteiger partial charge on any atom is -0.392 e. The van der Waals surface area contributed by atoms with E-state index in [-0.39, 0.29) is 6.10 Å². The maximum absolute atomic E-state index is 9.43. The van der Waals surface area contributed by atoms with E-state index in [2.05, 4.69) is 0 Å². The van der Waals surface area contributed by atoms with E-state index in [9.17, 15) is 5.11 Å². The predicted octanol–water partition coefficient (Wildman–Crippen LogP) is 1.35. The van der Waals surface area contributed by atoms with E-state index in [1.807, 2.05) is 19.1 Å². The third-order valence-corrected chi connectivity index (χ3v) is 2.11. The summed E-state index contributed by atoms with van der Waals surface area (Å²) in [7, 11) is 0. The quantitative estimate of drug-likeness (QED) is 0.418. The van der Waals surface area contributed by atoms with Crippen molar-refractivity contribution in [3.05, 3.63) is 12.2 Å². The van der Waals surface area contributed by atoms with E-state index < -0.39 is 5.41 Å². The van der Waals surface area contributed by atoms with Crippen molar-refractivity contribution < 1.29 is 5.11 Å². The van der Waals surface area contributed by atoms with Gasteiger partial charge in [-0.05, 0) is 19.8 Å². The standard InChI is InChI=1S/C8H13NO/c1-8(6-9)5-3-2-4-7(8)10/h3,5-7,9-10H,2,4H2,1H3. The Bertz CT molecular complexity index is 165. The summed E-state index contributed by atoms with van der Waals surface area (Å²) in [6.07, 6.45) is 6.60. The van der Waals surface area contributed by atoms with Gasteiger partial charge in [-0.15, -0.1) is 0 Å². The second kappa shape index (κ2) is 2.54. The smallest absolute Gasteiger partial charge is 0.0680 e. The van der Waals surface area contributed by atoms with E-state index in [0.717, 1.165) is 12.8 Å². The minimum absolute atomic E-state index is 0.366. The average molecular weight is 139 g/mol. The van der Waals surface area contributed by atoms with Crippen LogP contribution in [0, 0.1) is 10.8 Å². The van der Waals surface area contributed by atoms with Crippen LogP contribution in [0.15, 0.2) is 12.2 Å². The van der Waals surface area contributed by atoms with Gasteiger partial charge in [-0.2, -0.15) is 0 Å². The van der Waals surface area contributed by atoms with Crippen molar-refractivity contribution in [2.45, 2.75) is 25.9 Å². The summed E-state index contributed by atoms with van der Waals surface area (Å²) in [5, 5.41) is 16.5. The largest absolute Gasteiger partial charge is 0.392 e. The van der Waals surface area contributed by atoms with Gasteiger partial charge in [0.2, 0.25) is 0 Å². The normalized spacial score (nSPS) is 39.6. The first kappa shape index (κ1) is 7.48. The van der Waals surface area contributed by atoms with Crippen molar-refractivity contribution >= 4 is 6.21 Å². The number of rotatable bonds is 1. The molecule has 2 N–H and O–H groups in total. The van der Waals surface area contributed by atoms with Crippen LogP contribution in [-0.4, -0.2) is 17.4 Å². The molecule has 2 heteroatoms. The second-order valence-electron chi connectivity index (χ2n) is 3.01. The van der Waals surface area contributed by atoms with Crippen LogP contribution >= 0.6 is 0 Å². The van der Waals surface area contributed by atoms with Gasteiger partial charge < -0.3 is 10.5 Å². The van der Waals surface area contributed by atoms with E-state index >= 15 is 0 Å². The fourth-order valence-corrected chi connectivity index (χ4v) is 1.16. The van der Waals surface area contributed by atoms with Gasteiger partial charge in [0, 0.05) is 11.6 Å². The molecule has 2 unspecified atom stereocenters. The summed E-state index contributed by atoms with van der Waals surface area (Å²) in [4.78, 5) is 0. The summed E-state index contributed by atoms with van der Waals surface area (Å²) < 4.78 is 0. The Morgan fingerprint density at radius 2 is 2.50 bits per heavy atom. The van der Waals surface area contributed by atoms with Crippen molar-refractivity contribution in [2.24, 2.45) is 5.41 Å². The maximum Gasteiger partial charge on any atom is 0.0680 e. The van der Waals surface area contributed by atoms with E-state index in [1.165, 1.54) is 6.21 Å². The monoisotopic (exact) mass is 139 g/mol. The molecule has 0 fully saturated rings. The number of aliphatic hydroxyl groups excluding tert-OH is 1. The van der Waals surface area contributed by atoms with Crippen LogP contribution in [0.1, 0.15) is 19.8 Å². The summed E-state index contributed by atoms with van der Waals surface area (Å²) in [5.41, 5.74) is -0.405. The molecule has 56 valence electrons. The Balaban J connectivity index is 2.80. The zero-order valence-electron chi connectivity index (χ0n) is 6.17. The van der Waals surface area contributed by atoms with Gasteiger partial charge in [-0.25, -0.2) is 0 Å². The highest BCUT2D eigenvalue weighted by Gasteiger charge is 2.29. The van der Waals surface area contributed by atoms with Crippen molar-refractivity contribution in [2.75, 3.05) is 0 Å². The lowest BCUT2D eigenvalue weighted by molar-refractivity contribution is 0.0980. The Morgan fingerprint density at radius 3 is 2.90 bits per heavy atom. The number of allylic oxidation sites excluding steroid dienone is 1. The van der Waals surface area contributed by atoms with Crippen molar-refractivity contribution in [1.82, 2.24) is 0 Å². The third-order valence-electron chi connectivity index (χ3n) is 2.11. The highest BCUT2D eigenvalue weighted by atomic mass is 16.3. The van der Waals surface area contributed by atoms with Crippen LogP contribution in [-0.2, 0) is 0 Å². The number of hydrogen-bond donors (Lipinski definition) is 2. The zero-order valence-corrected chi connectivity index (χ0v) is 6.17. The first-order valence-corrected chi connectivity index (χ1v) is 3.56. The second-order valence-corrected chi connectivity index (χ2v) is 3.01. The predicted molar refractivity (Wildman–Crippen MR) is 41.3 cm³/mol. The zero-order chi connectivity index (χ0) is 7.61. The number of nitrogens with one attached hydrogen (secondary N) is 1. The molecule has 1 rings (SSSR count). The van der Waals surface area contributed by atoms with Crippen LogP contribution < -0.4 is 0 Å². The Morgan fingerprint density at radius 1 is 1.80 bits per heavy atom. The van der Waals surface area contributed by atoms with Gasteiger partial charge in [-0.3, -0.25) is 0 Å².